The number of hydrogen-bond donors (Lipinski definition) is 2. The SMILES string of the molecule is O=C(O)C1(c2ccc(C3CCCNC3)cc2)CC1. The molecule has 0 bridgehead atoms. The van der Waals surface area contributed by atoms with E-state index in [1.807, 2.05) is 12.1 Å². The van der Waals surface area contributed by atoms with Crippen LogP contribution in [0, 0.1) is 0 Å². The fourth-order valence-corrected chi connectivity index (χ4v) is 2.96. The molecule has 1 heterocycles. The van der Waals surface area contributed by atoms with Gasteiger partial charge in [-0.2, -0.15) is 0 Å². The monoisotopic (exact) mass is 245 g/mol. The Labute approximate surface area is 107 Å². The number of carboxylic acid groups (broad SMARTS) is 1. The van der Waals surface area contributed by atoms with Crippen LogP contribution < -0.4 is 5.32 Å². The highest BCUT2D eigenvalue weighted by Crippen LogP contribution is 2.48. The van der Waals surface area contributed by atoms with Crippen molar-refractivity contribution in [3.8, 4) is 0 Å². The van der Waals surface area contributed by atoms with Crippen LogP contribution in [0.1, 0.15) is 42.7 Å². The first-order valence-electron chi connectivity index (χ1n) is 6.77. The van der Waals surface area contributed by atoms with E-state index in [0.29, 0.717) is 5.92 Å². The van der Waals surface area contributed by atoms with E-state index in [2.05, 4.69) is 17.4 Å². The van der Waals surface area contributed by atoms with Crippen LogP contribution in [0.25, 0.3) is 0 Å². The molecular weight excluding hydrogens is 226 g/mol. The molecule has 2 aliphatic rings. The summed E-state index contributed by atoms with van der Waals surface area (Å²) < 4.78 is 0. The van der Waals surface area contributed by atoms with E-state index < -0.39 is 11.4 Å². The minimum absolute atomic E-state index is 0.566. The predicted octanol–water partition coefficient (Wildman–Crippen LogP) is 2.27. The summed E-state index contributed by atoms with van der Waals surface area (Å²) in [5, 5.41) is 12.7. The molecule has 0 amide bonds. The van der Waals surface area contributed by atoms with E-state index >= 15 is 0 Å². The molecular formula is C15H19NO2. The van der Waals surface area contributed by atoms with Crippen molar-refractivity contribution in [2.45, 2.75) is 37.0 Å². The van der Waals surface area contributed by atoms with Gasteiger partial charge in [0.1, 0.15) is 0 Å². The Morgan fingerprint density at radius 1 is 1.28 bits per heavy atom. The highest BCUT2D eigenvalue weighted by atomic mass is 16.4. The van der Waals surface area contributed by atoms with Crippen molar-refractivity contribution in [2.75, 3.05) is 13.1 Å². The normalized spacial score (nSPS) is 25.7. The molecule has 3 rings (SSSR count). The molecule has 96 valence electrons. The Bertz CT molecular complexity index is 442. The van der Waals surface area contributed by atoms with Gasteiger partial charge in [0, 0.05) is 6.54 Å². The number of piperidine rings is 1. The number of benzene rings is 1. The Morgan fingerprint density at radius 3 is 2.50 bits per heavy atom. The van der Waals surface area contributed by atoms with Gasteiger partial charge in [-0.3, -0.25) is 4.79 Å². The maximum Gasteiger partial charge on any atom is 0.314 e. The molecule has 1 aliphatic carbocycles. The Morgan fingerprint density at radius 2 is 2.00 bits per heavy atom. The second kappa shape index (κ2) is 4.39. The van der Waals surface area contributed by atoms with Gasteiger partial charge in [0.2, 0.25) is 0 Å². The van der Waals surface area contributed by atoms with Crippen molar-refractivity contribution >= 4 is 5.97 Å². The number of carbonyl (C=O) groups is 1. The topological polar surface area (TPSA) is 49.3 Å². The van der Waals surface area contributed by atoms with E-state index in [1.165, 1.54) is 18.4 Å². The first-order chi connectivity index (χ1) is 8.72. The minimum Gasteiger partial charge on any atom is -0.481 e. The molecule has 2 fully saturated rings. The molecule has 1 aromatic rings. The van der Waals surface area contributed by atoms with Crippen molar-refractivity contribution in [1.29, 1.82) is 0 Å². The smallest absolute Gasteiger partial charge is 0.314 e. The molecule has 0 radical (unpaired) electrons. The van der Waals surface area contributed by atoms with Crippen LogP contribution >= 0.6 is 0 Å². The van der Waals surface area contributed by atoms with Crippen LogP contribution in [0.2, 0.25) is 0 Å². The van der Waals surface area contributed by atoms with Crippen molar-refractivity contribution in [1.82, 2.24) is 5.32 Å². The van der Waals surface area contributed by atoms with E-state index in [4.69, 9.17) is 0 Å². The van der Waals surface area contributed by atoms with Crippen LogP contribution in [0.15, 0.2) is 24.3 Å². The standard InChI is InChI=1S/C15H19NO2/c17-14(18)15(7-8-15)13-5-3-11(4-6-13)12-2-1-9-16-10-12/h3-6,12,16H,1-2,7-10H2,(H,17,18). The summed E-state index contributed by atoms with van der Waals surface area (Å²) in [5.74, 6) is -0.0811. The van der Waals surface area contributed by atoms with E-state index in [0.717, 1.165) is 31.5 Å². The van der Waals surface area contributed by atoms with Crippen molar-refractivity contribution in [3.63, 3.8) is 0 Å². The van der Waals surface area contributed by atoms with Crippen LogP contribution in [-0.2, 0) is 10.2 Å². The second-order valence-electron chi connectivity index (χ2n) is 5.55. The maximum absolute atomic E-state index is 11.3. The number of rotatable bonds is 3. The largest absolute Gasteiger partial charge is 0.481 e. The van der Waals surface area contributed by atoms with E-state index in [1.54, 1.807) is 0 Å². The molecule has 0 aromatic heterocycles. The zero-order valence-corrected chi connectivity index (χ0v) is 10.5. The first kappa shape index (κ1) is 11.7. The van der Waals surface area contributed by atoms with E-state index in [-0.39, 0.29) is 0 Å². The third kappa shape index (κ3) is 1.93. The molecule has 1 saturated heterocycles. The Balaban J connectivity index is 1.79. The lowest BCUT2D eigenvalue weighted by Crippen LogP contribution is -2.28. The summed E-state index contributed by atoms with van der Waals surface area (Å²) in [6.07, 6.45) is 4.03. The van der Waals surface area contributed by atoms with Crippen molar-refractivity contribution in [3.05, 3.63) is 35.4 Å². The Hall–Kier alpha value is -1.35. The molecule has 1 unspecified atom stereocenters. The molecule has 2 N–H and O–H groups in total. The second-order valence-corrected chi connectivity index (χ2v) is 5.55. The zero-order chi connectivity index (χ0) is 12.6. The van der Waals surface area contributed by atoms with Gasteiger partial charge in [-0.25, -0.2) is 0 Å². The summed E-state index contributed by atoms with van der Waals surface area (Å²) in [5.41, 5.74) is 1.75. The highest BCUT2D eigenvalue weighted by molar-refractivity contribution is 5.84. The fourth-order valence-electron chi connectivity index (χ4n) is 2.96. The number of hydrogen-bond acceptors (Lipinski definition) is 2. The van der Waals surface area contributed by atoms with Gasteiger partial charge >= 0.3 is 5.97 Å². The quantitative estimate of drug-likeness (QED) is 0.859. The summed E-state index contributed by atoms with van der Waals surface area (Å²) >= 11 is 0. The summed E-state index contributed by atoms with van der Waals surface area (Å²) in [7, 11) is 0. The van der Waals surface area contributed by atoms with Crippen LogP contribution in [-0.4, -0.2) is 24.2 Å². The molecule has 1 aliphatic heterocycles. The molecule has 1 saturated carbocycles. The lowest BCUT2D eigenvalue weighted by molar-refractivity contribution is -0.140. The average Bonchev–Trinajstić information content (AvgIpc) is 3.22. The molecule has 1 aromatic carbocycles. The van der Waals surface area contributed by atoms with Gasteiger partial charge in [0.15, 0.2) is 0 Å². The number of nitrogens with one attached hydrogen (secondary N) is 1. The predicted molar refractivity (Wildman–Crippen MR) is 69.8 cm³/mol. The lowest BCUT2D eigenvalue weighted by Gasteiger charge is -2.23. The molecule has 3 nitrogen and oxygen atoms in total. The van der Waals surface area contributed by atoms with Crippen LogP contribution in [0.3, 0.4) is 0 Å². The molecule has 3 heteroatoms. The average molecular weight is 245 g/mol. The van der Waals surface area contributed by atoms with Gasteiger partial charge in [-0.1, -0.05) is 24.3 Å². The lowest BCUT2D eigenvalue weighted by atomic mass is 9.88. The summed E-state index contributed by atoms with van der Waals surface area (Å²) in [4.78, 5) is 11.3. The zero-order valence-electron chi connectivity index (χ0n) is 10.5. The van der Waals surface area contributed by atoms with Gasteiger partial charge in [0.05, 0.1) is 5.41 Å². The summed E-state index contributed by atoms with van der Waals surface area (Å²) in [6.45, 7) is 2.17. The third-order valence-electron chi connectivity index (χ3n) is 4.39. The molecule has 1 atom stereocenters. The van der Waals surface area contributed by atoms with Crippen LogP contribution in [0.4, 0.5) is 0 Å². The molecule has 18 heavy (non-hydrogen) atoms. The van der Waals surface area contributed by atoms with Gasteiger partial charge in [-0.15, -0.1) is 0 Å². The van der Waals surface area contributed by atoms with Crippen molar-refractivity contribution < 1.29 is 9.90 Å². The van der Waals surface area contributed by atoms with Gasteiger partial charge in [0.25, 0.3) is 0 Å². The summed E-state index contributed by atoms with van der Waals surface area (Å²) in [6, 6.07) is 8.28. The van der Waals surface area contributed by atoms with Crippen molar-refractivity contribution in [2.24, 2.45) is 0 Å². The Kier molecular flexibility index (Phi) is 2.86. The van der Waals surface area contributed by atoms with Crippen LogP contribution in [0.5, 0.6) is 0 Å². The maximum atomic E-state index is 11.3. The van der Waals surface area contributed by atoms with E-state index in [9.17, 15) is 9.90 Å². The first-order valence-corrected chi connectivity index (χ1v) is 6.77. The van der Waals surface area contributed by atoms with Gasteiger partial charge in [-0.05, 0) is 49.3 Å². The number of carboxylic acids is 1. The molecule has 0 spiro atoms. The minimum atomic E-state index is -0.672. The number of aliphatic carboxylic acids is 1. The fraction of sp³-hybridized carbons (Fsp3) is 0.533. The van der Waals surface area contributed by atoms with Gasteiger partial charge < -0.3 is 10.4 Å². The third-order valence-corrected chi connectivity index (χ3v) is 4.39. The highest BCUT2D eigenvalue weighted by Gasteiger charge is 2.51.